The summed E-state index contributed by atoms with van der Waals surface area (Å²) in [5.74, 6) is -4.26. The summed E-state index contributed by atoms with van der Waals surface area (Å²) in [4.78, 5) is 23.6. The van der Waals surface area contributed by atoms with Gasteiger partial charge in [-0.2, -0.15) is 0 Å². The van der Waals surface area contributed by atoms with Crippen molar-refractivity contribution in [1.29, 1.82) is 0 Å². The lowest BCUT2D eigenvalue weighted by Gasteiger charge is -2.15. The Morgan fingerprint density at radius 3 is 2.41 bits per heavy atom. The Bertz CT molecular complexity index is 939. The van der Waals surface area contributed by atoms with E-state index in [0.717, 1.165) is 6.07 Å². The molecule has 0 heterocycles. The Kier molecular flexibility index (Phi) is 5.21. The molecule has 5 nitrogen and oxygen atoms in total. The number of rotatable bonds is 5. The number of anilines is 1. The van der Waals surface area contributed by atoms with Crippen molar-refractivity contribution in [2.45, 2.75) is 19.3 Å². The minimum Gasteiger partial charge on any atom is -0.493 e. The zero-order valence-corrected chi connectivity index (χ0v) is 14.5. The Morgan fingerprint density at radius 2 is 1.78 bits per heavy atom. The monoisotopic (exact) mass is 373 g/mol. The number of hydrogen-bond donors (Lipinski definition) is 2. The second kappa shape index (κ2) is 7.57. The smallest absolute Gasteiger partial charge is 0.332 e. The van der Waals surface area contributed by atoms with Crippen LogP contribution in [-0.2, 0) is 9.59 Å². The molecule has 0 saturated carbocycles. The van der Waals surface area contributed by atoms with Crippen molar-refractivity contribution >= 4 is 17.6 Å². The average molecular weight is 373 g/mol. The standard InChI is InChI=1S/C20H17F2NO4/c1-27-18-14(11-6-3-2-4-7-11)10-15(21)17(16(18)22)23-19(24)12-8-5-9-13(12)20(25)26/h2-4,6-7,10H,5,8-9H2,1H3,(H,23,24)(H,25,26). The topological polar surface area (TPSA) is 75.6 Å². The molecule has 2 aromatic carbocycles. The van der Waals surface area contributed by atoms with Crippen LogP contribution < -0.4 is 10.1 Å². The third-order valence-corrected chi connectivity index (χ3v) is 4.45. The molecule has 0 fully saturated rings. The second-order valence-corrected chi connectivity index (χ2v) is 6.06. The van der Waals surface area contributed by atoms with E-state index in [4.69, 9.17) is 9.84 Å². The van der Waals surface area contributed by atoms with Crippen LogP contribution in [0.15, 0.2) is 47.5 Å². The van der Waals surface area contributed by atoms with Gasteiger partial charge in [-0.1, -0.05) is 30.3 Å². The lowest BCUT2D eigenvalue weighted by Crippen LogP contribution is -2.18. The van der Waals surface area contributed by atoms with Gasteiger partial charge in [0, 0.05) is 16.7 Å². The fourth-order valence-electron chi connectivity index (χ4n) is 3.17. The molecule has 0 aromatic heterocycles. The summed E-state index contributed by atoms with van der Waals surface area (Å²) >= 11 is 0. The maximum absolute atomic E-state index is 14.9. The molecular formula is C20H17F2NO4. The van der Waals surface area contributed by atoms with Gasteiger partial charge in [-0.15, -0.1) is 0 Å². The highest BCUT2D eigenvalue weighted by Crippen LogP contribution is 2.38. The number of carboxylic acids is 1. The molecule has 27 heavy (non-hydrogen) atoms. The fourth-order valence-corrected chi connectivity index (χ4v) is 3.17. The van der Waals surface area contributed by atoms with Crippen LogP contribution >= 0.6 is 0 Å². The van der Waals surface area contributed by atoms with Gasteiger partial charge in [-0.05, 0) is 30.9 Å². The van der Waals surface area contributed by atoms with Crippen LogP contribution in [-0.4, -0.2) is 24.1 Å². The molecule has 2 aromatic rings. The number of halogens is 2. The van der Waals surface area contributed by atoms with Crippen LogP contribution in [0.4, 0.5) is 14.5 Å². The second-order valence-electron chi connectivity index (χ2n) is 6.06. The molecule has 2 N–H and O–H groups in total. The van der Waals surface area contributed by atoms with E-state index >= 15 is 0 Å². The van der Waals surface area contributed by atoms with E-state index < -0.39 is 29.2 Å². The van der Waals surface area contributed by atoms with Gasteiger partial charge in [0.1, 0.15) is 5.69 Å². The van der Waals surface area contributed by atoms with Gasteiger partial charge in [-0.25, -0.2) is 13.6 Å². The van der Waals surface area contributed by atoms with Gasteiger partial charge in [0.2, 0.25) is 0 Å². The molecule has 0 saturated heterocycles. The van der Waals surface area contributed by atoms with Crippen LogP contribution in [0.5, 0.6) is 5.75 Å². The van der Waals surface area contributed by atoms with Gasteiger partial charge in [0.05, 0.1) is 7.11 Å². The Labute approximate surface area is 154 Å². The molecule has 3 rings (SSSR count). The molecular weight excluding hydrogens is 356 g/mol. The number of carbonyl (C=O) groups is 2. The van der Waals surface area contributed by atoms with Crippen LogP contribution in [0, 0.1) is 11.6 Å². The van der Waals surface area contributed by atoms with Crippen LogP contribution in [0.2, 0.25) is 0 Å². The molecule has 0 bridgehead atoms. The minimum atomic E-state index is -1.20. The zero-order chi connectivity index (χ0) is 19.6. The highest BCUT2D eigenvalue weighted by Gasteiger charge is 2.28. The number of carbonyl (C=O) groups excluding carboxylic acids is 1. The zero-order valence-electron chi connectivity index (χ0n) is 14.5. The van der Waals surface area contributed by atoms with E-state index in [-0.39, 0.29) is 35.3 Å². The summed E-state index contributed by atoms with van der Waals surface area (Å²) < 4.78 is 34.5. The van der Waals surface area contributed by atoms with E-state index in [2.05, 4.69) is 5.32 Å². The predicted molar refractivity (Wildman–Crippen MR) is 95.5 cm³/mol. The highest BCUT2D eigenvalue weighted by atomic mass is 19.1. The summed E-state index contributed by atoms with van der Waals surface area (Å²) in [7, 11) is 1.25. The summed E-state index contributed by atoms with van der Waals surface area (Å²) in [6.07, 6.45) is 1.00. The first-order chi connectivity index (χ1) is 12.9. The van der Waals surface area contributed by atoms with Crippen LogP contribution in [0.3, 0.4) is 0 Å². The number of methoxy groups -OCH3 is 1. The number of amides is 1. The highest BCUT2D eigenvalue weighted by molar-refractivity contribution is 6.09. The normalized spacial score (nSPS) is 13.6. The van der Waals surface area contributed by atoms with Crippen molar-refractivity contribution in [3.63, 3.8) is 0 Å². The van der Waals surface area contributed by atoms with Crippen molar-refractivity contribution in [1.82, 2.24) is 0 Å². The van der Waals surface area contributed by atoms with Crippen molar-refractivity contribution in [2.75, 3.05) is 12.4 Å². The number of ether oxygens (including phenoxy) is 1. The van der Waals surface area contributed by atoms with Gasteiger partial charge >= 0.3 is 5.97 Å². The molecule has 0 spiro atoms. The third-order valence-electron chi connectivity index (χ3n) is 4.45. The van der Waals surface area contributed by atoms with Crippen molar-refractivity contribution in [3.05, 3.63) is 59.2 Å². The van der Waals surface area contributed by atoms with Crippen molar-refractivity contribution in [2.24, 2.45) is 0 Å². The Balaban J connectivity index is 2.01. The maximum atomic E-state index is 14.9. The molecule has 1 aliphatic rings. The van der Waals surface area contributed by atoms with E-state index in [1.807, 2.05) is 0 Å². The number of hydrogen-bond acceptors (Lipinski definition) is 3. The molecule has 0 radical (unpaired) electrons. The molecule has 1 amide bonds. The van der Waals surface area contributed by atoms with Gasteiger partial charge in [0.25, 0.3) is 5.91 Å². The lowest BCUT2D eigenvalue weighted by atomic mass is 10.0. The molecule has 0 atom stereocenters. The first kappa shape index (κ1) is 18.6. The third kappa shape index (κ3) is 3.53. The lowest BCUT2D eigenvalue weighted by molar-refractivity contribution is -0.133. The summed E-state index contributed by atoms with van der Waals surface area (Å²) in [5, 5.41) is 11.3. The quantitative estimate of drug-likeness (QED) is 0.826. The van der Waals surface area contributed by atoms with Gasteiger partial charge < -0.3 is 15.2 Å². The van der Waals surface area contributed by atoms with Gasteiger partial charge in [-0.3, -0.25) is 4.79 Å². The predicted octanol–water partition coefficient (Wildman–Crippen LogP) is 4.14. The minimum absolute atomic E-state index is 0.0267. The first-order valence-electron chi connectivity index (χ1n) is 8.32. The van der Waals surface area contributed by atoms with Crippen LogP contribution in [0.25, 0.3) is 11.1 Å². The molecule has 0 unspecified atom stereocenters. The molecule has 7 heteroatoms. The average Bonchev–Trinajstić information content (AvgIpc) is 3.15. The molecule has 0 aliphatic heterocycles. The maximum Gasteiger partial charge on any atom is 0.332 e. The van der Waals surface area contributed by atoms with E-state index in [0.29, 0.717) is 12.0 Å². The number of aliphatic carboxylic acids is 1. The summed E-state index contributed by atoms with van der Waals surface area (Å²) in [5.41, 5.74) is 0.100. The van der Waals surface area contributed by atoms with Gasteiger partial charge in [0.15, 0.2) is 17.4 Å². The van der Waals surface area contributed by atoms with Crippen molar-refractivity contribution in [3.8, 4) is 16.9 Å². The fraction of sp³-hybridized carbons (Fsp3) is 0.200. The number of nitrogens with one attached hydrogen (secondary N) is 1. The van der Waals surface area contributed by atoms with Crippen molar-refractivity contribution < 1.29 is 28.2 Å². The number of benzene rings is 2. The SMILES string of the molecule is COc1c(-c2ccccc2)cc(F)c(NC(=O)C2=C(C(=O)O)CCC2)c1F. The van der Waals surface area contributed by atoms with Crippen LogP contribution in [0.1, 0.15) is 19.3 Å². The van der Waals surface area contributed by atoms with E-state index in [1.54, 1.807) is 30.3 Å². The molecule has 140 valence electrons. The molecule has 1 aliphatic carbocycles. The summed E-state index contributed by atoms with van der Waals surface area (Å²) in [6.45, 7) is 0. The summed E-state index contributed by atoms with van der Waals surface area (Å²) in [6, 6.07) is 9.65. The first-order valence-corrected chi connectivity index (χ1v) is 8.32. The Morgan fingerprint density at radius 1 is 1.11 bits per heavy atom. The van der Waals surface area contributed by atoms with E-state index in [9.17, 15) is 18.4 Å². The Hall–Kier alpha value is -3.22. The largest absolute Gasteiger partial charge is 0.493 e. The van der Waals surface area contributed by atoms with E-state index in [1.165, 1.54) is 7.11 Å². The number of carboxylic acid groups (broad SMARTS) is 1.